The maximum atomic E-state index is 11.0. The van der Waals surface area contributed by atoms with Crippen molar-refractivity contribution >= 4 is 20.7 Å². The molecule has 15 heavy (non-hydrogen) atoms. The monoisotopic (exact) mass is 220 g/mol. The zero-order chi connectivity index (χ0) is 10.9. The molecule has 0 spiro atoms. The van der Waals surface area contributed by atoms with E-state index in [2.05, 4.69) is 11.2 Å². The molecular formula is C11H10NO2S. The average Bonchev–Trinajstić information content (AvgIpc) is 2.15. The van der Waals surface area contributed by atoms with E-state index in [0.717, 1.165) is 10.9 Å². The summed E-state index contributed by atoms with van der Waals surface area (Å²) in [5.74, 6) is -0.113. The van der Waals surface area contributed by atoms with E-state index in [1.165, 1.54) is 0 Å². The molecule has 1 heterocycles. The summed E-state index contributed by atoms with van der Waals surface area (Å²) in [4.78, 5) is 4.24. The second kappa shape index (κ2) is 3.62. The van der Waals surface area contributed by atoms with Crippen LogP contribution in [0.2, 0.25) is 0 Å². The molecule has 0 unspecified atom stereocenters. The lowest BCUT2D eigenvalue weighted by Crippen LogP contribution is -2.00. The van der Waals surface area contributed by atoms with Gasteiger partial charge >= 0.3 is 0 Å². The molecule has 1 radical (unpaired) electrons. The molecule has 77 valence electrons. The van der Waals surface area contributed by atoms with Gasteiger partial charge in [0.1, 0.15) is 0 Å². The number of nitrogens with zero attached hydrogens (tertiary/aromatic N) is 1. The molecule has 2 rings (SSSR count). The molecule has 0 aliphatic heterocycles. The van der Waals surface area contributed by atoms with E-state index in [1.54, 1.807) is 6.07 Å². The highest BCUT2D eigenvalue weighted by molar-refractivity contribution is 7.91. The Morgan fingerprint density at radius 1 is 1.13 bits per heavy atom. The van der Waals surface area contributed by atoms with E-state index in [0.29, 0.717) is 5.69 Å². The molecule has 1 aromatic heterocycles. The standard InChI is InChI=1S/C11H10NO2S/c1-15(13,14)8-10-7-6-9-4-2-3-5-11(9)12-10/h2-7H,1,8H2. The van der Waals surface area contributed by atoms with Crippen LogP contribution in [0.5, 0.6) is 0 Å². The van der Waals surface area contributed by atoms with Crippen molar-refractivity contribution < 1.29 is 8.42 Å². The van der Waals surface area contributed by atoms with Crippen LogP contribution in [0, 0.1) is 6.26 Å². The molecule has 0 amide bonds. The molecule has 0 aliphatic rings. The Morgan fingerprint density at radius 2 is 1.87 bits per heavy atom. The van der Waals surface area contributed by atoms with Crippen LogP contribution in [-0.4, -0.2) is 13.4 Å². The number of para-hydroxylation sites is 1. The predicted molar refractivity (Wildman–Crippen MR) is 59.7 cm³/mol. The Kier molecular flexibility index (Phi) is 2.44. The molecule has 0 N–H and O–H groups in total. The third kappa shape index (κ3) is 2.53. The number of rotatable bonds is 2. The largest absolute Gasteiger partial charge is 0.252 e. The van der Waals surface area contributed by atoms with Gasteiger partial charge in [-0.3, -0.25) is 4.98 Å². The van der Waals surface area contributed by atoms with Crippen molar-refractivity contribution in [3.8, 4) is 0 Å². The van der Waals surface area contributed by atoms with Crippen LogP contribution in [0.3, 0.4) is 0 Å². The highest BCUT2D eigenvalue weighted by Gasteiger charge is 2.06. The molecule has 0 fully saturated rings. The smallest absolute Gasteiger partial charge is 0.156 e. The second-order valence-corrected chi connectivity index (χ2v) is 5.16. The van der Waals surface area contributed by atoms with Crippen LogP contribution in [0.25, 0.3) is 10.9 Å². The first kappa shape index (κ1) is 10.1. The number of hydrogen-bond acceptors (Lipinski definition) is 3. The van der Waals surface area contributed by atoms with Gasteiger partial charge in [-0.25, -0.2) is 8.42 Å². The van der Waals surface area contributed by atoms with Crippen LogP contribution in [-0.2, 0) is 15.6 Å². The van der Waals surface area contributed by atoms with Gasteiger partial charge in [0.25, 0.3) is 0 Å². The zero-order valence-corrected chi connectivity index (χ0v) is 8.87. The maximum Gasteiger partial charge on any atom is 0.156 e. The van der Waals surface area contributed by atoms with E-state index < -0.39 is 9.84 Å². The van der Waals surface area contributed by atoms with Crippen molar-refractivity contribution in [2.75, 3.05) is 0 Å². The fourth-order valence-electron chi connectivity index (χ4n) is 1.41. The quantitative estimate of drug-likeness (QED) is 0.777. The van der Waals surface area contributed by atoms with Crippen LogP contribution in [0.15, 0.2) is 36.4 Å². The molecule has 2 aromatic rings. The fourth-order valence-corrected chi connectivity index (χ4v) is 2.03. The molecule has 4 heteroatoms. The Balaban J connectivity index is 2.48. The Hall–Kier alpha value is -1.42. The molecule has 0 aliphatic carbocycles. The first-order valence-electron chi connectivity index (χ1n) is 4.45. The molecular weight excluding hydrogens is 210 g/mol. The molecule has 3 nitrogen and oxygen atoms in total. The number of hydrogen-bond donors (Lipinski definition) is 0. The molecule has 0 atom stereocenters. The fraction of sp³-hybridized carbons (Fsp3) is 0.0909. The lowest BCUT2D eigenvalue weighted by atomic mass is 10.2. The van der Waals surface area contributed by atoms with Gasteiger partial charge in [-0.2, -0.15) is 0 Å². The van der Waals surface area contributed by atoms with Crippen LogP contribution in [0.1, 0.15) is 5.69 Å². The van der Waals surface area contributed by atoms with Gasteiger partial charge in [-0.1, -0.05) is 24.3 Å². The minimum atomic E-state index is -3.26. The Labute approximate surface area is 88.7 Å². The van der Waals surface area contributed by atoms with Gasteiger partial charge < -0.3 is 0 Å². The number of pyridine rings is 1. The normalized spacial score (nSPS) is 11.8. The van der Waals surface area contributed by atoms with Gasteiger partial charge in [0, 0.05) is 5.39 Å². The third-order valence-electron chi connectivity index (χ3n) is 2.02. The van der Waals surface area contributed by atoms with Crippen molar-refractivity contribution in [1.29, 1.82) is 0 Å². The summed E-state index contributed by atoms with van der Waals surface area (Å²) in [6.45, 7) is 0. The summed E-state index contributed by atoms with van der Waals surface area (Å²) in [6, 6.07) is 11.2. The average molecular weight is 220 g/mol. The minimum absolute atomic E-state index is 0.113. The summed E-state index contributed by atoms with van der Waals surface area (Å²) in [5, 5.41) is 1.00. The highest BCUT2D eigenvalue weighted by atomic mass is 32.2. The van der Waals surface area contributed by atoms with Crippen molar-refractivity contribution in [2.45, 2.75) is 5.75 Å². The number of benzene rings is 1. The highest BCUT2D eigenvalue weighted by Crippen LogP contribution is 2.13. The lowest BCUT2D eigenvalue weighted by Gasteiger charge is -2.01. The van der Waals surface area contributed by atoms with E-state index in [9.17, 15) is 8.42 Å². The third-order valence-corrected chi connectivity index (χ3v) is 2.76. The van der Waals surface area contributed by atoms with Gasteiger partial charge in [0.2, 0.25) is 0 Å². The minimum Gasteiger partial charge on any atom is -0.252 e. The molecule has 1 aromatic carbocycles. The van der Waals surface area contributed by atoms with Gasteiger partial charge in [0.15, 0.2) is 9.84 Å². The summed E-state index contributed by atoms with van der Waals surface area (Å²) in [6.07, 6.45) is 3.08. The molecule has 0 saturated carbocycles. The van der Waals surface area contributed by atoms with E-state index >= 15 is 0 Å². The topological polar surface area (TPSA) is 47.0 Å². The van der Waals surface area contributed by atoms with E-state index in [-0.39, 0.29) is 5.75 Å². The van der Waals surface area contributed by atoms with Crippen molar-refractivity contribution in [3.63, 3.8) is 0 Å². The van der Waals surface area contributed by atoms with Crippen LogP contribution in [0.4, 0.5) is 0 Å². The van der Waals surface area contributed by atoms with E-state index in [4.69, 9.17) is 0 Å². The van der Waals surface area contributed by atoms with Crippen molar-refractivity contribution in [1.82, 2.24) is 4.98 Å². The van der Waals surface area contributed by atoms with Gasteiger partial charge in [-0.05, 0) is 12.1 Å². The zero-order valence-electron chi connectivity index (χ0n) is 8.05. The second-order valence-electron chi connectivity index (χ2n) is 3.38. The SMILES string of the molecule is [CH2]S(=O)(=O)Cc1ccc2ccccc2n1. The number of sulfone groups is 1. The first-order chi connectivity index (χ1) is 7.04. The van der Waals surface area contributed by atoms with Gasteiger partial charge in [-0.15, -0.1) is 0 Å². The Morgan fingerprint density at radius 3 is 2.60 bits per heavy atom. The summed E-state index contributed by atoms with van der Waals surface area (Å²) in [5.41, 5.74) is 1.34. The molecule has 0 saturated heterocycles. The predicted octanol–water partition coefficient (Wildman–Crippen LogP) is 1.94. The lowest BCUT2D eigenvalue weighted by molar-refractivity contribution is 0.603. The van der Waals surface area contributed by atoms with E-state index in [1.807, 2.05) is 30.3 Å². The summed E-state index contributed by atoms with van der Waals surface area (Å²) < 4.78 is 22.0. The van der Waals surface area contributed by atoms with Gasteiger partial charge in [0.05, 0.1) is 23.2 Å². The van der Waals surface area contributed by atoms with Crippen LogP contribution >= 0.6 is 0 Å². The Bertz CT molecular complexity index is 590. The first-order valence-corrected chi connectivity index (χ1v) is 6.27. The number of aromatic nitrogens is 1. The van der Waals surface area contributed by atoms with Crippen LogP contribution < -0.4 is 0 Å². The number of fused-ring (bicyclic) bond motifs is 1. The summed E-state index contributed by atoms with van der Waals surface area (Å²) in [7, 11) is -3.26. The van der Waals surface area contributed by atoms with Crippen molar-refractivity contribution in [3.05, 3.63) is 48.3 Å². The maximum absolute atomic E-state index is 11.0. The van der Waals surface area contributed by atoms with Crippen molar-refractivity contribution in [2.24, 2.45) is 0 Å². The summed E-state index contributed by atoms with van der Waals surface area (Å²) >= 11 is 0. The molecule has 0 bridgehead atoms.